The number of piperidine rings is 1. The van der Waals surface area contributed by atoms with E-state index in [9.17, 15) is 4.79 Å². The molecule has 1 saturated carbocycles. The highest BCUT2D eigenvalue weighted by Gasteiger charge is 2.30. The van der Waals surface area contributed by atoms with Crippen molar-refractivity contribution in [2.75, 3.05) is 13.1 Å². The Bertz CT molecular complexity index is 822. The average Bonchev–Trinajstić information content (AvgIpc) is 2.97. The van der Waals surface area contributed by atoms with Gasteiger partial charge < -0.3 is 14.6 Å². The minimum atomic E-state index is 0.0420. The van der Waals surface area contributed by atoms with Crippen LogP contribution in [0.5, 0.6) is 0 Å². The van der Waals surface area contributed by atoms with E-state index in [-0.39, 0.29) is 5.69 Å². The zero-order chi connectivity index (χ0) is 19.0. The zero-order valence-electron chi connectivity index (χ0n) is 16.9. The Kier molecular flexibility index (Phi) is 5.42. The molecule has 0 radical (unpaired) electrons. The molecular weight excluding hydrogens is 338 g/mol. The lowest BCUT2D eigenvalue weighted by atomic mass is 9.90. The normalized spacial score (nSPS) is 25.5. The Morgan fingerprint density at radius 1 is 1.04 bits per heavy atom. The Morgan fingerprint density at radius 3 is 2.41 bits per heavy atom. The fraction of sp³-hybridized carbons (Fsp3) is 0.682. The van der Waals surface area contributed by atoms with Gasteiger partial charge in [-0.05, 0) is 77.0 Å². The predicted octanol–water partition coefficient (Wildman–Crippen LogP) is 4.01. The first-order valence-corrected chi connectivity index (χ1v) is 10.6. The number of fused-ring (bicyclic) bond motifs is 1. The van der Waals surface area contributed by atoms with E-state index >= 15 is 0 Å². The number of rotatable bonds is 4. The van der Waals surface area contributed by atoms with Gasteiger partial charge in [0.25, 0.3) is 0 Å². The monoisotopic (exact) mass is 371 g/mol. The minimum absolute atomic E-state index is 0.0420. The molecule has 2 heterocycles. The van der Waals surface area contributed by atoms with E-state index in [4.69, 9.17) is 4.74 Å². The molecule has 0 bridgehead atoms. The first kappa shape index (κ1) is 18.8. The molecule has 0 amide bonds. The van der Waals surface area contributed by atoms with Crippen molar-refractivity contribution in [2.45, 2.75) is 83.6 Å². The number of hydrogen-bond acceptors (Lipinski definition) is 3. The van der Waals surface area contributed by atoms with Gasteiger partial charge in [-0.15, -0.1) is 0 Å². The fourth-order valence-corrected chi connectivity index (χ4v) is 5.03. The number of aromatic amines is 1. The van der Waals surface area contributed by atoms with E-state index in [0.29, 0.717) is 24.3 Å². The highest BCUT2D eigenvalue weighted by molar-refractivity contribution is 5.76. The van der Waals surface area contributed by atoms with E-state index in [2.05, 4.69) is 42.8 Å². The lowest BCUT2D eigenvalue weighted by molar-refractivity contribution is -0.0289. The maximum Gasteiger partial charge on any atom is 0.326 e. The number of likely N-dealkylation sites (tertiary alicyclic amines) is 1. The van der Waals surface area contributed by atoms with E-state index in [1.165, 1.54) is 31.2 Å². The van der Waals surface area contributed by atoms with Crippen molar-refractivity contribution in [3.05, 3.63) is 34.2 Å². The molecule has 4 rings (SSSR count). The average molecular weight is 372 g/mol. The van der Waals surface area contributed by atoms with Crippen molar-refractivity contribution < 1.29 is 4.74 Å². The van der Waals surface area contributed by atoms with E-state index in [0.717, 1.165) is 37.0 Å². The lowest BCUT2D eigenvalue weighted by Gasteiger charge is -2.41. The molecule has 148 valence electrons. The number of nitrogens with one attached hydrogen (secondary N) is 1. The predicted molar refractivity (Wildman–Crippen MR) is 109 cm³/mol. The lowest BCUT2D eigenvalue weighted by Crippen LogP contribution is -2.45. The van der Waals surface area contributed by atoms with Gasteiger partial charge in [-0.1, -0.05) is 6.07 Å². The second-order valence-corrected chi connectivity index (χ2v) is 8.70. The molecule has 1 aliphatic heterocycles. The molecule has 0 atom stereocenters. The summed E-state index contributed by atoms with van der Waals surface area (Å²) in [5.41, 5.74) is 3.26. The van der Waals surface area contributed by atoms with Crippen LogP contribution < -0.4 is 5.69 Å². The number of benzene rings is 1. The SMILES string of the molecule is Cc1ccc2[nH]c(=O)n(C3CCN([C@H]4CC[C@H](OC(C)C)CC4)CC3)c2c1. The molecule has 2 aliphatic rings. The topological polar surface area (TPSA) is 50.3 Å². The van der Waals surface area contributed by atoms with Gasteiger partial charge in [0.05, 0.1) is 23.2 Å². The summed E-state index contributed by atoms with van der Waals surface area (Å²) in [7, 11) is 0. The van der Waals surface area contributed by atoms with Crippen LogP contribution >= 0.6 is 0 Å². The van der Waals surface area contributed by atoms with Crippen LogP contribution in [-0.2, 0) is 4.74 Å². The molecule has 0 spiro atoms. The Hall–Kier alpha value is -1.59. The molecule has 2 fully saturated rings. The molecule has 2 aromatic rings. The largest absolute Gasteiger partial charge is 0.376 e. The summed E-state index contributed by atoms with van der Waals surface area (Å²) >= 11 is 0. The maximum atomic E-state index is 12.5. The smallest absolute Gasteiger partial charge is 0.326 e. The summed E-state index contributed by atoms with van der Waals surface area (Å²) in [5.74, 6) is 0. The van der Waals surface area contributed by atoms with Gasteiger partial charge in [-0.2, -0.15) is 0 Å². The van der Waals surface area contributed by atoms with Crippen molar-refractivity contribution >= 4 is 11.0 Å². The molecule has 5 nitrogen and oxygen atoms in total. The van der Waals surface area contributed by atoms with Gasteiger partial charge in [0.15, 0.2) is 0 Å². The van der Waals surface area contributed by atoms with Crippen molar-refractivity contribution in [2.24, 2.45) is 0 Å². The fourth-order valence-electron chi connectivity index (χ4n) is 5.03. The van der Waals surface area contributed by atoms with Gasteiger partial charge in [0.1, 0.15) is 0 Å². The van der Waals surface area contributed by atoms with E-state index in [1.54, 1.807) is 0 Å². The summed E-state index contributed by atoms with van der Waals surface area (Å²) in [5, 5.41) is 0. The van der Waals surface area contributed by atoms with Crippen LogP contribution in [0.25, 0.3) is 11.0 Å². The number of ether oxygens (including phenoxy) is 1. The summed E-state index contributed by atoms with van der Waals surface area (Å²) in [4.78, 5) is 18.2. The third kappa shape index (κ3) is 3.99. The van der Waals surface area contributed by atoms with Crippen molar-refractivity contribution in [3.8, 4) is 0 Å². The highest BCUT2D eigenvalue weighted by Crippen LogP contribution is 2.31. The van der Waals surface area contributed by atoms with Crippen LogP contribution in [0, 0.1) is 6.92 Å². The van der Waals surface area contributed by atoms with Gasteiger partial charge in [-0.25, -0.2) is 4.79 Å². The summed E-state index contributed by atoms with van der Waals surface area (Å²) < 4.78 is 8.00. The van der Waals surface area contributed by atoms with Crippen molar-refractivity contribution in [1.82, 2.24) is 14.5 Å². The van der Waals surface area contributed by atoms with Crippen molar-refractivity contribution in [3.63, 3.8) is 0 Å². The second kappa shape index (κ2) is 7.80. The summed E-state index contributed by atoms with van der Waals surface area (Å²) in [6, 6.07) is 7.22. The Balaban J connectivity index is 1.38. The number of nitrogens with zero attached hydrogens (tertiary/aromatic N) is 2. The standard InChI is InChI=1S/C22H33N3O2/c1-15(2)27-19-7-5-17(6-8-19)24-12-10-18(11-13-24)25-21-14-16(3)4-9-20(21)23-22(25)26/h4,9,14-15,17-19H,5-8,10-13H2,1-3H3,(H,23,26)/t17-,19-. The second-order valence-electron chi connectivity index (χ2n) is 8.70. The first-order valence-electron chi connectivity index (χ1n) is 10.6. The molecule has 0 unspecified atom stereocenters. The van der Waals surface area contributed by atoms with Gasteiger partial charge in [-0.3, -0.25) is 4.57 Å². The molecule has 27 heavy (non-hydrogen) atoms. The van der Waals surface area contributed by atoms with Crippen LogP contribution in [0.4, 0.5) is 0 Å². The first-order chi connectivity index (χ1) is 13.0. The van der Waals surface area contributed by atoms with Crippen LogP contribution in [0.1, 0.15) is 64.0 Å². The Labute approximate surface area is 161 Å². The minimum Gasteiger partial charge on any atom is -0.376 e. The number of imidazole rings is 1. The molecule has 5 heteroatoms. The third-order valence-electron chi connectivity index (χ3n) is 6.36. The molecule has 1 N–H and O–H groups in total. The third-order valence-corrected chi connectivity index (χ3v) is 6.36. The van der Waals surface area contributed by atoms with E-state index < -0.39 is 0 Å². The van der Waals surface area contributed by atoms with Gasteiger partial charge in [0, 0.05) is 25.2 Å². The van der Waals surface area contributed by atoms with Crippen LogP contribution in [0.2, 0.25) is 0 Å². The summed E-state index contributed by atoms with van der Waals surface area (Å²) in [6.07, 6.45) is 7.76. The molecule has 1 aliphatic carbocycles. The molecule has 1 aromatic heterocycles. The van der Waals surface area contributed by atoms with E-state index in [1.807, 2.05) is 10.6 Å². The van der Waals surface area contributed by atoms with Gasteiger partial charge in [0.2, 0.25) is 0 Å². The number of hydrogen-bond donors (Lipinski definition) is 1. The number of aromatic nitrogens is 2. The highest BCUT2D eigenvalue weighted by atomic mass is 16.5. The molecule has 1 saturated heterocycles. The summed E-state index contributed by atoms with van der Waals surface area (Å²) in [6.45, 7) is 8.53. The number of H-pyrrole nitrogens is 1. The number of aryl methyl sites for hydroxylation is 1. The Morgan fingerprint density at radius 2 is 1.74 bits per heavy atom. The van der Waals surface area contributed by atoms with Crippen LogP contribution in [0.3, 0.4) is 0 Å². The molecule has 1 aromatic carbocycles. The van der Waals surface area contributed by atoms with Crippen LogP contribution in [-0.4, -0.2) is 45.8 Å². The molecular formula is C22H33N3O2. The van der Waals surface area contributed by atoms with Gasteiger partial charge >= 0.3 is 5.69 Å². The van der Waals surface area contributed by atoms with Crippen LogP contribution in [0.15, 0.2) is 23.0 Å². The quantitative estimate of drug-likeness (QED) is 0.883. The van der Waals surface area contributed by atoms with Crippen molar-refractivity contribution in [1.29, 1.82) is 0 Å². The maximum absolute atomic E-state index is 12.5. The zero-order valence-corrected chi connectivity index (χ0v) is 16.9.